The number of anilines is 1. The molecule has 0 unspecified atom stereocenters. The third kappa shape index (κ3) is 4.63. The van der Waals surface area contributed by atoms with Gasteiger partial charge in [0.15, 0.2) is 5.82 Å². The number of carbonyl (C=O) groups is 1. The smallest absolute Gasteiger partial charge is 0.319 e. The fraction of sp³-hybridized carbons (Fsp3) is 0.486. The molecule has 2 aromatic carbocycles. The number of nitrogens with zero attached hydrogens (tertiary/aromatic N) is 6. The molecule has 5 atom stereocenters. The lowest BCUT2D eigenvalue weighted by molar-refractivity contribution is -0.128. The van der Waals surface area contributed by atoms with Crippen LogP contribution in [0.1, 0.15) is 49.1 Å². The van der Waals surface area contributed by atoms with Gasteiger partial charge < -0.3 is 14.5 Å². The molecule has 3 aromatic rings. The van der Waals surface area contributed by atoms with Gasteiger partial charge in [-0.1, -0.05) is 24.8 Å². The van der Waals surface area contributed by atoms with Gasteiger partial charge >= 0.3 is 6.01 Å². The summed E-state index contributed by atoms with van der Waals surface area (Å²) in [7, 11) is 0. The molecule has 11 heteroatoms. The molecule has 238 valence electrons. The minimum Gasteiger partial charge on any atom is -0.461 e. The Balaban J connectivity index is 1.23. The van der Waals surface area contributed by atoms with E-state index >= 15 is 8.78 Å². The summed E-state index contributed by atoms with van der Waals surface area (Å²) < 4.78 is 53.7. The average molecular weight is 629 g/mol. The van der Waals surface area contributed by atoms with Crippen LogP contribution in [0.3, 0.4) is 0 Å². The highest BCUT2D eigenvalue weighted by atomic mass is 19.1. The number of carbonyl (C=O) groups excluding carboxylic acids is 1. The van der Waals surface area contributed by atoms with Gasteiger partial charge in [0.1, 0.15) is 29.9 Å². The van der Waals surface area contributed by atoms with Crippen molar-refractivity contribution in [3.63, 3.8) is 0 Å². The van der Waals surface area contributed by atoms with Crippen LogP contribution >= 0.6 is 0 Å². The molecular weight excluding hydrogens is 593 g/mol. The predicted molar refractivity (Wildman–Crippen MR) is 166 cm³/mol. The fourth-order valence-electron chi connectivity index (χ4n) is 8.65. The van der Waals surface area contributed by atoms with Crippen molar-refractivity contribution in [1.82, 2.24) is 19.8 Å². The maximum absolute atomic E-state index is 16.8. The maximum Gasteiger partial charge on any atom is 0.319 e. The van der Waals surface area contributed by atoms with E-state index in [1.807, 2.05) is 17.0 Å². The van der Waals surface area contributed by atoms with Crippen molar-refractivity contribution in [2.75, 3.05) is 44.2 Å². The van der Waals surface area contributed by atoms with Crippen molar-refractivity contribution >= 4 is 22.6 Å². The van der Waals surface area contributed by atoms with E-state index in [4.69, 9.17) is 9.72 Å². The minimum atomic E-state index is -0.940. The third-order valence-electron chi connectivity index (χ3n) is 10.9. The van der Waals surface area contributed by atoms with Gasteiger partial charge in [-0.25, -0.2) is 13.2 Å². The first-order valence-corrected chi connectivity index (χ1v) is 16.2. The highest BCUT2D eigenvalue weighted by Gasteiger charge is 2.50. The number of hydrogen-bond acceptors (Lipinski definition) is 7. The van der Waals surface area contributed by atoms with E-state index in [1.54, 1.807) is 11.0 Å². The standard InChI is InChI=1S/C35H35F3N6O2/c1-2-28(45)44-12-11-42(18-23(44)7-9-39)33-26-15-27(37)30(24-6-3-5-20-13-21-14-25(21)29(20)24)31(38)32(26)40-34(41-33)46-19-35-8-4-10-43(35)17-22(36)16-35/h2-3,5-6,15,21-23,25H,1,4,7-8,10-14,16-19H2/t21-,22+,23-,25+,35-/m0/s1. The molecule has 3 saturated heterocycles. The summed E-state index contributed by atoms with van der Waals surface area (Å²) in [4.78, 5) is 27.4. The number of ether oxygens (including phenoxy) is 1. The van der Waals surface area contributed by atoms with E-state index < -0.39 is 29.4 Å². The van der Waals surface area contributed by atoms with E-state index in [2.05, 4.69) is 22.5 Å². The Morgan fingerprint density at radius 2 is 2.09 bits per heavy atom. The summed E-state index contributed by atoms with van der Waals surface area (Å²) in [6, 6.07) is 8.59. The van der Waals surface area contributed by atoms with Gasteiger partial charge in [-0.3, -0.25) is 9.69 Å². The van der Waals surface area contributed by atoms with Gasteiger partial charge in [-0.2, -0.15) is 15.2 Å². The number of nitriles is 1. The van der Waals surface area contributed by atoms with Crippen molar-refractivity contribution in [2.24, 2.45) is 5.92 Å². The van der Waals surface area contributed by atoms with E-state index in [0.717, 1.165) is 43.4 Å². The molecule has 1 amide bonds. The monoisotopic (exact) mass is 628 g/mol. The Morgan fingerprint density at radius 3 is 2.91 bits per heavy atom. The van der Waals surface area contributed by atoms with Crippen LogP contribution in [-0.4, -0.2) is 82.8 Å². The second-order valence-corrected chi connectivity index (χ2v) is 13.5. The van der Waals surface area contributed by atoms with Gasteiger partial charge in [0.05, 0.1) is 29.6 Å². The number of piperazine rings is 1. The average Bonchev–Trinajstić information content (AvgIpc) is 3.37. The molecule has 2 aliphatic carbocycles. The Morgan fingerprint density at radius 1 is 1.22 bits per heavy atom. The Labute approximate surface area is 265 Å². The van der Waals surface area contributed by atoms with Crippen LogP contribution in [0.15, 0.2) is 36.9 Å². The third-order valence-corrected chi connectivity index (χ3v) is 10.9. The molecule has 8 rings (SSSR count). The van der Waals surface area contributed by atoms with Crippen molar-refractivity contribution in [1.29, 1.82) is 5.26 Å². The summed E-state index contributed by atoms with van der Waals surface area (Å²) >= 11 is 0. The first kappa shape index (κ1) is 29.2. The Kier molecular flexibility index (Phi) is 6.98. The topological polar surface area (TPSA) is 85.6 Å². The van der Waals surface area contributed by atoms with Gasteiger partial charge in [0, 0.05) is 38.0 Å². The molecule has 3 aliphatic heterocycles. The number of alkyl halides is 1. The van der Waals surface area contributed by atoms with Crippen molar-refractivity contribution in [2.45, 2.75) is 62.2 Å². The lowest BCUT2D eigenvalue weighted by Crippen LogP contribution is -2.55. The zero-order chi connectivity index (χ0) is 31.7. The highest BCUT2D eigenvalue weighted by molar-refractivity contribution is 5.95. The van der Waals surface area contributed by atoms with Crippen molar-refractivity contribution in [3.8, 4) is 23.2 Å². The summed E-state index contributed by atoms with van der Waals surface area (Å²) in [6.07, 6.45) is 4.39. The van der Waals surface area contributed by atoms with Crippen LogP contribution in [0.2, 0.25) is 0 Å². The molecule has 8 nitrogen and oxygen atoms in total. The highest BCUT2D eigenvalue weighted by Crippen LogP contribution is 2.59. The molecule has 46 heavy (non-hydrogen) atoms. The molecule has 0 bridgehead atoms. The van der Waals surface area contributed by atoms with Gasteiger partial charge in [-0.05, 0) is 72.9 Å². The number of fused-ring (bicyclic) bond motifs is 5. The molecule has 0 N–H and O–H groups in total. The van der Waals surface area contributed by atoms with Crippen molar-refractivity contribution < 1.29 is 22.7 Å². The normalized spacial score (nSPS) is 28.1. The summed E-state index contributed by atoms with van der Waals surface area (Å²) in [6.45, 7) is 5.71. The molecular formula is C35H35F3N6O2. The van der Waals surface area contributed by atoms with Gasteiger partial charge in [-0.15, -0.1) is 0 Å². The van der Waals surface area contributed by atoms with E-state index in [-0.39, 0.29) is 60.3 Å². The van der Waals surface area contributed by atoms with Crippen molar-refractivity contribution in [3.05, 3.63) is 59.7 Å². The molecule has 0 radical (unpaired) electrons. The van der Waals surface area contributed by atoms with Gasteiger partial charge in [0.2, 0.25) is 5.91 Å². The minimum absolute atomic E-state index is 0.0589. The number of benzene rings is 2. The molecule has 4 fully saturated rings. The van der Waals surface area contributed by atoms with Crippen LogP contribution in [0, 0.1) is 28.9 Å². The zero-order valence-corrected chi connectivity index (χ0v) is 25.5. The number of halogens is 3. The number of aromatic nitrogens is 2. The number of hydrogen-bond donors (Lipinski definition) is 0. The Bertz CT molecular complexity index is 1810. The second kappa shape index (κ2) is 11.0. The van der Waals surface area contributed by atoms with Crippen LogP contribution in [0.25, 0.3) is 22.0 Å². The van der Waals surface area contributed by atoms with E-state index in [1.165, 1.54) is 12.1 Å². The summed E-state index contributed by atoms with van der Waals surface area (Å²) in [5, 5.41) is 9.71. The molecule has 1 aromatic heterocycles. The summed E-state index contributed by atoms with van der Waals surface area (Å²) in [5.41, 5.74) is 2.10. The van der Waals surface area contributed by atoms with E-state index in [9.17, 15) is 14.4 Å². The van der Waals surface area contributed by atoms with E-state index in [0.29, 0.717) is 36.9 Å². The van der Waals surface area contributed by atoms with Crippen LogP contribution in [0.4, 0.5) is 19.0 Å². The lowest BCUT2D eigenvalue weighted by Gasteiger charge is -2.41. The first-order valence-electron chi connectivity index (χ1n) is 16.2. The number of rotatable bonds is 7. The first-order chi connectivity index (χ1) is 22.3. The quantitative estimate of drug-likeness (QED) is 0.328. The number of amides is 1. The maximum atomic E-state index is 16.8. The van der Waals surface area contributed by atoms with Crippen LogP contribution in [0.5, 0.6) is 6.01 Å². The van der Waals surface area contributed by atoms with Crippen LogP contribution < -0.4 is 9.64 Å². The summed E-state index contributed by atoms with van der Waals surface area (Å²) in [5.74, 6) is -0.621. The SMILES string of the molecule is C=CC(=O)N1CCN(c2nc(OC[C@@]34CCCN3C[C@H](F)C4)nc3c(F)c(-c4cccc5c4[C@@H]4C[C@@H]4C5)c(F)cc23)C[C@@H]1CC#N. The molecule has 5 aliphatic rings. The second-order valence-electron chi connectivity index (χ2n) is 13.5. The fourth-order valence-corrected chi connectivity index (χ4v) is 8.65. The molecule has 1 saturated carbocycles. The Hall–Kier alpha value is -4.17. The van der Waals surface area contributed by atoms with Crippen LogP contribution in [-0.2, 0) is 11.2 Å². The molecule has 0 spiro atoms. The molecule has 4 heterocycles. The predicted octanol–water partition coefficient (Wildman–Crippen LogP) is 5.31. The zero-order valence-electron chi connectivity index (χ0n) is 25.5. The van der Waals surface area contributed by atoms with Gasteiger partial charge in [0.25, 0.3) is 0 Å². The lowest BCUT2D eigenvalue weighted by atomic mass is 9.93. The largest absolute Gasteiger partial charge is 0.461 e.